The molecule has 0 aliphatic heterocycles. The predicted molar refractivity (Wildman–Crippen MR) is 125 cm³/mol. The van der Waals surface area contributed by atoms with Crippen molar-refractivity contribution in [3.63, 3.8) is 0 Å². The number of halogens is 1. The highest BCUT2D eigenvalue weighted by Crippen LogP contribution is 2.38. The molecule has 0 nitrogen and oxygen atoms in total. The van der Waals surface area contributed by atoms with Gasteiger partial charge >= 0.3 is 0 Å². The molecular formula is C29H29F. The van der Waals surface area contributed by atoms with Crippen LogP contribution in [0.4, 0.5) is 4.39 Å². The lowest BCUT2D eigenvalue weighted by Crippen LogP contribution is -2.13. The number of aryl methyl sites for hydroxylation is 1. The van der Waals surface area contributed by atoms with E-state index in [2.05, 4.69) is 30.6 Å². The fraction of sp³-hybridized carbons (Fsp3) is 0.310. The average Bonchev–Trinajstić information content (AvgIpc) is 2.78. The van der Waals surface area contributed by atoms with Crippen molar-refractivity contribution in [1.82, 2.24) is 0 Å². The fourth-order valence-corrected chi connectivity index (χ4v) is 4.58. The summed E-state index contributed by atoms with van der Waals surface area (Å²) in [5.74, 6) is 7.31. The maximum absolute atomic E-state index is 15.1. The standard InChI is InChI=1S/C29H29F/c1-3-4-5-22-10-13-24(14-11-22)26-18-19-28-27(20-26)17-16-25(29(28)30)15-12-23-8-6-21(2)7-9-23/h3,6-9,16-20,22,24H,1,4-5,10-11,13-14H2,2H3. The Balaban J connectivity index is 1.52. The van der Waals surface area contributed by atoms with Crippen LogP contribution in [-0.2, 0) is 0 Å². The SMILES string of the molecule is C=CCCC1CCC(c2ccc3c(F)c(C#Cc4ccc(C)cc4)ccc3c2)CC1. The lowest BCUT2D eigenvalue weighted by molar-refractivity contribution is 0.312. The molecule has 1 saturated carbocycles. The van der Waals surface area contributed by atoms with E-state index in [9.17, 15) is 0 Å². The highest BCUT2D eigenvalue weighted by Gasteiger charge is 2.22. The van der Waals surface area contributed by atoms with Gasteiger partial charge in [-0.15, -0.1) is 6.58 Å². The summed E-state index contributed by atoms with van der Waals surface area (Å²) in [5.41, 5.74) is 3.90. The number of benzene rings is 3. The van der Waals surface area contributed by atoms with Crippen LogP contribution in [0.1, 0.15) is 66.7 Å². The minimum Gasteiger partial charge on any atom is -0.205 e. The van der Waals surface area contributed by atoms with Gasteiger partial charge in [-0.3, -0.25) is 0 Å². The minimum atomic E-state index is -0.216. The minimum absolute atomic E-state index is 0.216. The number of hydrogen-bond donors (Lipinski definition) is 0. The largest absolute Gasteiger partial charge is 0.205 e. The molecule has 1 aliphatic carbocycles. The Hall–Kier alpha value is -2.85. The Morgan fingerprint density at radius 2 is 1.73 bits per heavy atom. The molecule has 0 radical (unpaired) electrons. The molecule has 0 spiro atoms. The van der Waals surface area contributed by atoms with Gasteiger partial charge in [0.15, 0.2) is 0 Å². The zero-order valence-corrected chi connectivity index (χ0v) is 17.8. The zero-order chi connectivity index (χ0) is 20.9. The first-order valence-corrected chi connectivity index (χ1v) is 11.1. The maximum Gasteiger partial charge on any atom is 0.146 e. The van der Waals surface area contributed by atoms with Crippen molar-refractivity contribution in [2.24, 2.45) is 5.92 Å². The van der Waals surface area contributed by atoms with Crippen LogP contribution >= 0.6 is 0 Å². The lowest BCUT2D eigenvalue weighted by Gasteiger charge is -2.28. The molecule has 1 heteroatoms. The van der Waals surface area contributed by atoms with Crippen molar-refractivity contribution in [1.29, 1.82) is 0 Å². The highest BCUT2D eigenvalue weighted by atomic mass is 19.1. The fourth-order valence-electron chi connectivity index (χ4n) is 4.58. The summed E-state index contributed by atoms with van der Waals surface area (Å²) in [7, 11) is 0. The Morgan fingerprint density at radius 3 is 2.47 bits per heavy atom. The second kappa shape index (κ2) is 9.31. The Labute approximate surface area is 179 Å². The number of allylic oxidation sites excluding steroid dienone is 1. The molecule has 0 aromatic heterocycles. The van der Waals surface area contributed by atoms with E-state index in [-0.39, 0.29) is 5.82 Å². The molecule has 4 rings (SSSR count). The van der Waals surface area contributed by atoms with Crippen molar-refractivity contribution >= 4 is 10.8 Å². The molecule has 3 aromatic rings. The smallest absolute Gasteiger partial charge is 0.146 e. The van der Waals surface area contributed by atoms with Crippen LogP contribution in [0.15, 0.2) is 67.3 Å². The number of hydrogen-bond acceptors (Lipinski definition) is 0. The first-order chi connectivity index (χ1) is 14.6. The van der Waals surface area contributed by atoms with Crippen molar-refractivity contribution in [3.8, 4) is 11.8 Å². The molecular weight excluding hydrogens is 367 g/mol. The molecule has 0 amide bonds. The van der Waals surface area contributed by atoms with Gasteiger partial charge in [0.2, 0.25) is 0 Å². The molecule has 0 unspecified atom stereocenters. The molecule has 0 saturated heterocycles. The Bertz CT molecular complexity index is 1090. The molecule has 1 fully saturated rings. The molecule has 3 aromatic carbocycles. The molecule has 152 valence electrons. The first-order valence-electron chi connectivity index (χ1n) is 11.1. The third kappa shape index (κ3) is 4.65. The van der Waals surface area contributed by atoms with E-state index in [1.807, 2.05) is 55.5 Å². The van der Waals surface area contributed by atoms with E-state index >= 15 is 4.39 Å². The number of fused-ring (bicyclic) bond motifs is 1. The van der Waals surface area contributed by atoms with Gasteiger partial charge in [-0.1, -0.05) is 59.9 Å². The second-order valence-electron chi connectivity index (χ2n) is 8.61. The van der Waals surface area contributed by atoms with Gasteiger partial charge in [-0.2, -0.15) is 0 Å². The topological polar surface area (TPSA) is 0 Å². The summed E-state index contributed by atoms with van der Waals surface area (Å²) in [4.78, 5) is 0. The van der Waals surface area contributed by atoms with E-state index in [4.69, 9.17) is 0 Å². The highest BCUT2D eigenvalue weighted by molar-refractivity contribution is 5.85. The monoisotopic (exact) mass is 396 g/mol. The summed E-state index contributed by atoms with van der Waals surface area (Å²) in [5, 5.41) is 1.63. The lowest BCUT2D eigenvalue weighted by atomic mass is 9.77. The van der Waals surface area contributed by atoms with Gasteiger partial charge in [0.25, 0.3) is 0 Å². The molecule has 1 aliphatic rings. The van der Waals surface area contributed by atoms with Gasteiger partial charge in [0.05, 0.1) is 5.56 Å². The van der Waals surface area contributed by atoms with E-state index in [0.29, 0.717) is 16.9 Å². The summed E-state index contributed by atoms with van der Waals surface area (Å²) in [6.45, 7) is 5.89. The third-order valence-electron chi connectivity index (χ3n) is 6.47. The van der Waals surface area contributed by atoms with Crippen LogP contribution in [-0.4, -0.2) is 0 Å². The molecule has 0 N–H and O–H groups in total. The van der Waals surface area contributed by atoms with Gasteiger partial charge < -0.3 is 0 Å². The normalized spacial score (nSPS) is 18.6. The summed E-state index contributed by atoms with van der Waals surface area (Å²) in [6, 6.07) is 18.1. The molecule has 0 heterocycles. The Kier molecular flexibility index (Phi) is 6.34. The van der Waals surface area contributed by atoms with Crippen LogP contribution in [0.5, 0.6) is 0 Å². The Morgan fingerprint density at radius 1 is 0.967 bits per heavy atom. The van der Waals surface area contributed by atoms with Crippen LogP contribution in [0.25, 0.3) is 10.8 Å². The van der Waals surface area contributed by atoms with Crippen molar-refractivity contribution < 1.29 is 4.39 Å². The summed E-state index contributed by atoms with van der Waals surface area (Å²) in [6.07, 6.45) is 9.47. The van der Waals surface area contributed by atoms with Crippen LogP contribution < -0.4 is 0 Å². The van der Waals surface area contributed by atoms with Crippen LogP contribution in [0.3, 0.4) is 0 Å². The van der Waals surface area contributed by atoms with Crippen LogP contribution in [0.2, 0.25) is 0 Å². The quantitative estimate of drug-likeness (QED) is 0.310. The number of rotatable bonds is 4. The summed E-state index contributed by atoms with van der Waals surface area (Å²) >= 11 is 0. The van der Waals surface area contributed by atoms with Crippen molar-refractivity contribution in [3.05, 3.63) is 95.3 Å². The first kappa shape index (κ1) is 20.4. The third-order valence-corrected chi connectivity index (χ3v) is 6.47. The van der Waals surface area contributed by atoms with E-state index in [0.717, 1.165) is 23.3 Å². The molecule has 0 bridgehead atoms. The van der Waals surface area contributed by atoms with E-state index in [1.54, 1.807) is 0 Å². The average molecular weight is 397 g/mol. The second-order valence-corrected chi connectivity index (χ2v) is 8.61. The molecule has 0 atom stereocenters. The summed E-state index contributed by atoms with van der Waals surface area (Å²) < 4.78 is 15.1. The van der Waals surface area contributed by atoms with Gasteiger partial charge in [-0.05, 0) is 86.4 Å². The van der Waals surface area contributed by atoms with Crippen LogP contribution in [0, 0.1) is 30.5 Å². The van der Waals surface area contributed by atoms with Gasteiger partial charge in [0, 0.05) is 10.9 Å². The maximum atomic E-state index is 15.1. The predicted octanol–water partition coefficient (Wildman–Crippen LogP) is 7.93. The molecule has 30 heavy (non-hydrogen) atoms. The van der Waals surface area contributed by atoms with E-state index in [1.165, 1.54) is 43.2 Å². The van der Waals surface area contributed by atoms with Crippen molar-refractivity contribution in [2.75, 3.05) is 0 Å². The van der Waals surface area contributed by atoms with Gasteiger partial charge in [0.1, 0.15) is 5.82 Å². The zero-order valence-electron chi connectivity index (χ0n) is 17.8. The van der Waals surface area contributed by atoms with Crippen molar-refractivity contribution in [2.45, 2.75) is 51.4 Å². The van der Waals surface area contributed by atoms with Gasteiger partial charge in [-0.25, -0.2) is 4.39 Å². The van der Waals surface area contributed by atoms with E-state index < -0.39 is 0 Å².